The minimum atomic E-state index is -3.86. The lowest BCUT2D eigenvalue weighted by atomic mass is 9.94. The van der Waals surface area contributed by atoms with Crippen LogP contribution in [0.1, 0.15) is 31.9 Å². The molecule has 1 aliphatic rings. The van der Waals surface area contributed by atoms with Crippen LogP contribution in [0.15, 0.2) is 41.3 Å². The summed E-state index contributed by atoms with van der Waals surface area (Å²) in [5.41, 5.74) is 1.83. The number of sulfonamides is 1. The van der Waals surface area contributed by atoms with E-state index in [4.69, 9.17) is 0 Å². The van der Waals surface area contributed by atoms with Crippen LogP contribution >= 0.6 is 0 Å². The van der Waals surface area contributed by atoms with Crippen molar-refractivity contribution in [3.8, 4) is 0 Å². The van der Waals surface area contributed by atoms with Crippen LogP contribution in [-0.4, -0.2) is 20.9 Å². The molecule has 0 saturated heterocycles. The van der Waals surface area contributed by atoms with Crippen molar-refractivity contribution < 1.29 is 17.6 Å². The zero-order valence-corrected chi connectivity index (χ0v) is 16.7. The number of hydrogen-bond acceptors (Lipinski definition) is 3. The van der Waals surface area contributed by atoms with Crippen molar-refractivity contribution >= 4 is 27.3 Å². The summed E-state index contributed by atoms with van der Waals surface area (Å²) in [7, 11) is -3.86. The maximum atomic E-state index is 13.4. The van der Waals surface area contributed by atoms with Crippen LogP contribution in [0.2, 0.25) is 0 Å². The lowest BCUT2D eigenvalue weighted by Crippen LogP contribution is -2.38. The molecular formula is C20H23FN2O3S. The Balaban J connectivity index is 1.91. The van der Waals surface area contributed by atoms with E-state index in [0.29, 0.717) is 12.2 Å². The van der Waals surface area contributed by atoms with Gasteiger partial charge in [0, 0.05) is 17.6 Å². The van der Waals surface area contributed by atoms with Gasteiger partial charge in [0.05, 0.1) is 10.6 Å². The van der Waals surface area contributed by atoms with Crippen LogP contribution in [0, 0.1) is 18.2 Å². The van der Waals surface area contributed by atoms with E-state index in [0.717, 1.165) is 23.7 Å². The fourth-order valence-electron chi connectivity index (χ4n) is 3.06. The molecule has 27 heavy (non-hydrogen) atoms. The minimum absolute atomic E-state index is 0.00424. The van der Waals surface area contributed by atoms with Crippen molar-refractivity contribution in [1.82, 2.24) is 0 Å². The molecule has 3 rings (SSSR count). The standard InChI is InChI=1S/C20H23FN2O3S/c1-13-11-16(7-8-17(13)21)27(25,26)22-15-6-5-14-9-10-23(18(14)12-15)19(24)20(2,3)4/h5-8,11-12,22H,9-10H2,1-4H3. The van der Waals surface area contributed by atoms with Gasteiger partial charge in [-0.1, -0.05) is 26.8 Å². The number of carbonyl (C=O) groups excluding carboxylic acids is 1. The molecule has 2 aromatic carbocycles. The van der Waals surface area contributed by atoms with E-state index in [1.54, 1.807) is 17.0 Å². The molecule has 5 nitrogen and oxygen atoms in total. The Hall–Kier alpha value is -2.41. The molecule has 0 spiro atoms. The number of benzene rings is 2. The summed E-state index contributed by atoms with van der Waals surface area (Å²) in [5, 5.41) is 0. The topological polar surface area (TPSA) is 66.5 Å². The zero-order chi connectivity index (χ0) is 20.0. The molecule has 0 unspecified atom stereocenters. The molecule has 1 N–H and O–H groups in total. The van der Waals surface area contributed by atoms with Crippen molar-refractivity contribution in [2.75, 3.05) is 16.2 Å². The third-order valence-electron chi connectivity index (χ3n) is 4.56. The molecular weight excluding hydrogens is 367 g/mol. The fraction of sp³-hybridized carbons (Fsp3) is 0.350. The predicted octanol–water partition coefficient (Wildman–Crippen LogP) is 3.87. The molecule has 0 radical (unpaired) electrons. The summed E-state index contributed by atoms with van der Waals surface area (Å²) < 4.78 is 41.2. The highest BCUT2D eigenvalue weighted by Crippen LogP contribution is 2.34. The average molecular weight is 390 g/mol. The number of fused-ring (bicyclic) bond motifs is 1. The molecule has 1 heterocycles. The number of nitrogens with one attached hydrogen (secondary N) is 1. The molecule has 2 aromatic rings. The number of aryl methyl sites for hydroxylation is 1. The molecule has 0 atom stereocenters. The molecule has 1 amide bonds. The number of anilines is 2. The molecule has 144 valence electrons. The third kappa shape index (κ3) is 3.83. The molecule has 0 bridgehead atoms. The predicted molar refractivity (Wildman–Crippen MR) is 104 cm³/mol. The lowest BCUT2D eigenvalue weighted by Gasteiger charge is -2.26. The van der Waals surface area contributed by atoms with Crippen LogP contribution in [0.25, 0.3) is 0 Å². The fourth-order valence-corrected chi connectivity index (χ4v) is 4.19. The first-order chi connectivity index (χ1) is 12.5. The summed E-state index contributed by atoms with van der Waals surface area (Å²) in [6.45, 7) is 7.67. The number of hydrogen-bond donors (Lipinski definition) is 1. The maximum Gasteiger partial charge on any atom is 0.261 e. The van der Waals surface area contributed by atoms with E-state index in [1.807, 2.05) is 26.8 Å². The summed E-state index contributed by atoms with van der Waals surface area (Å²) in [4.78, 5) is 14.4. The molecule has 0 aromatic heterocycles. The second kappa shape index (κ2) is 6.64. The van der Waals surface area contributed by atoms with Crippen LogP contribution < -0.4 is 9.62 Å². The van der Waals surface area contributed by atoms with Gasteiger partial charge in [-0.25, -0.2) is 12.8 Å². The van der Waals surface area contributed by atoms with Crippen LogP contribution in [0.5, 0.6) is 0 Å². The van der Waals surface area contributed by atoms with E-state index < -0.39 is 21.3 Å². The number of rotatable bonds is 3. The molecule has 0 saturated carbocycles. The Morgan fingerprint density at radius 1 is 1.15 bits per heavy atom. The van der Waals surface area contributed by atoms with Gasteiger partial charge in [-0.15, -0.1) is 0 Å². The highest BCUT2D eigenvalue weighted by molar-refractivity contribution is 7.92. The number of halogens is 1. The van der Waals surface area contributed by atoms with E-state index in [9.17, 15) is 17.6 Å². The largest absolute Gasteiger partial charge is 0.311 e. The van der Waals surface area contributed by atoms with Crippen LogP contribution in [0.4, 0.5) is 15.8 Å². The highest BCUT2D eigenvalue weighted by atomic mass is 32.2. The Kier molecular flexibility index (Phi) is 4.76. The molecule has 7 heteroatoms. The van der Waals surface area contributed by atoms with E-state index in [1.165, 1.54) is 19.1 Å². The van der Waals surface area contributed by atoms with Crippen molar-refractivity contribution in [3.63, 3.8) is 0 Å². The normalized spacial score (nSPS) is 14.2. The molecule has 0 aliphatic carbocycles. The van der Waals surface area contributed by atoms with E-state index >= 15 is 0 Å². The monoisotopic (exact) mass is 390 g/mol. The van der Waals surface area contributed by atoms with Crippen LogP contribution in [0.3, 0.4) is 0 Å². The number of carbonyl (C=O) groups is 1. The second-order valence-electron chi connectivity index (χ2n) is 7.82. The Labute approximate surface area is 159 Å². The third-order valence-corrected chi connectivity index (χ3v) is 5.94. The van der Waals surface area contributed by atoms with Gasteiger partial charge in [-0.3, -0.25) is 9.52 Å². The van der Waals surface area contributed by atoms with Gasteiger partial charge >= 0.3 is 0 Å². The Morgan fingerprint density at radius 2 is 1.85 bits per heavy atom. The van der Waals surface area contributed by atoms with E-state index in [2.05, 4.69) is 4.72 Å². The summed E-state index contributed by atoms with van der Waals surface area (Å²) in [6.07, 6.45) is 0.737. The van der Waals surface area contributed by atoms with Gasteiger partial charge < -0.3 is 4.90 Å². The first-order valence-corrected chi connectivity index (χ1v) is 10.2. The summed E-state index contributed by atoms with van der Waals surface area (Å²) in [5.74, 6) is -0.460. The SMILES string of the molecule is Cc1cc(S(=O)(=O)Nc2ccc3c(c2)N(C(=O)C(C)(C)C)CC3)ccc1F. The maximum absolute atomic E-state index is 13.4. The zero-order valence-electron chi connectivity index (χ0n) is 15.8. The summed E-state index contributed by atoms with van der Waals surface area (Å²) >= 11 is 0. The Bertz CT molecular complexity index is 1010. The van der Waals surface area contributed by atoms with Gasteiger partial charge in [0.25, 0.3) is 10.0 Å². The summed E-state index contributed by atoms with van der Waals surface area (Å²) in [6, 6.07) is 8.85. The van der Waals surface area contributed by atoms with Crippen molar-refractivity contribution in [1.29, 1.82) is 0 Å². The first-order valence-electron chi connectivity index (χ1n) is 8.73. The number of nitrogens with zero attached hydrogens (tertiary/aromatic N) is 1. The molecule has 1 aliphatic heterocycles. The highest BCUT2D eigenvalue weighted by Gasteiger charge is 2.32. The number of amides is 1. The van der Waals surface area contributed by atoms with E-state index in [-0.39, 0.29) is 16.4 Å². The van der Waals surface area contributed by atoms with Crippen molar-refractivity contribution in [2.45, 2.75) is 39.0 Å². The van der Waals surface area contributed by atoms with Crippen molar-refractivity contribution in [2.24, 2.45) is 5.41 Å². The van der Waals surface area contributed by atoms with Gasteiger partial charge in [0.2, 0.25) is 5.91 Å². The second-order valence-corrected chi connectivity index (χ2v) is 9.50. The van der Waals surface area contributed by atoms with Gasteiger partial charge in [-0.05, 0) is 54.8 Å². The van der Waals surface area contributed by atoms with Gasteiger partial charge in [0.15, 0.2) is 0 Å². The smallest absolute Gasteiger partial charge is 0.261 e. The van der Waals surface area contributed by atoms with Crippen LogP contribution in [-0.2, 0) is 21.2 Å². The van der Waals surface area contributed by atoms with Gasteiger partial charge in [0.1, 0.15) is 5.82 Å². The average Bonchev–Trinajstić information content (AvgIpc) is 2.98. The van der Waals surface area contributed by atoms with Crippen molar-refractivity contribution in [3.05, 3.63) is 53.3 Å². The van der Waals surface area contributed by atoms with Gasteiger partial charge in [-0.2, -0.15) is 0 Å². The first kappa shape index (κ1) is 19.4. The Morgan fingerprint density at radius 3 is 2.48 bits per heavy atom. The minimum Gasteiger partial charge on any atom is -0.311 e. The quantitative estimate of drug-likeness (QED) is 0.865. The lowest BCUT2D eigenvalue weighted by molar-refractivity contribution is -0.125. The molecule has 0 fully saturated rings.